The molecule has 2 aromatic carbocycles. The molecule has 2 aromatic rings. The Hall–Kier alpha value is -2.74. The van der Waals surface area contributed by atoms with Crippen molar-refractivity contribution in [2.24, 2.45) is 0 Å². The van der Waals surface area contributed by atoms with Crippen LogP contribution in [0, 0.1) is 0 Å². The molecule has 0 fully saturated rings. The number of anilines is 2. The van der Waals surface area contributed by atoms with Crippen molar-refractivity contribution in [3.63, 3.8) is 0 Å². The summed E-state index contributed by atoms with van der Waals surface area (Å²) in [5.41, 5.74) is 2.16. The topological polar surface area (TPSA) is 84.9 Å². The minimum absolute atomic E-state index is 0.0193. The smallest absolute Gasteiger partial charge is 0.265 e. The molecule has 7 nitrogen and oxygen atoms in total. The van der Waals surface area contributed by atoms with Gasteiger partial charge in [0.25, 0.3) is 10.0 Å². The lowest BCUT2D eigenvalue weighted by Crippen LogP contribution is -2.31. The van der Waals surface area contributed by atoms with E-state index >= 15 is 0 Å². The largest absolute Gasteiger partial charge is 0.497 e. The number of rotatable bonds is 5. The quantitative estimate of drug-likeness (QED) is 0.866. The zero-order valence-electron chi connectivity index (χ0n) is 14.8. The summed E-state index contributed by atoms with van der Waals surface area (Å²) in [6, 6.07) is 9.65. The van der Waals surface area contributed by atoms with Gasteiger partial charge in [0, 0.05) is 30.9 Å². The molecule has 26 heavy (non-hydrogen) atoms. The summed E-state index contributed by atoms with van der Waals surface area (Å²) in [5, 5.41) is 0. The first kappa shape index (κ1) is 18.1. The van der Waals surface area contributed by atoms with Gasteiger partial charge in [-0.1, -0.05) is 0 Å². The Kier molecular flexibility index (Phi) is 4.78. The fraction of sp³-hybridized carbons (Fsp3) is 0.278. The van der Waals surface area contributed by atoms with Crippen LogP contribution in [-0.4, -0.2) is 35.6 Å². The highest BCUT2D eigenvalue weighted by Gasteiger charge is 2.23. The molecular weight excluding hydrogens is 356 g/mol. The number of sulfonamides is 1. The highest BCUT2D eigenvalue weighted by Crippen LogP contribution is 2.32. The summed E-state index contributed by atoms with van der Waals surface area (Å²) in [7, 11) is 0.770. The van der Waals surface area contributed by atoms with Gasteiger partial charge in [-0.2, -0.15) is 0 Å². The number of fused-ring (bicyclic) bond motifs is 1. The Morgan fingerprint density at radius 3 is 2.50 bits per heavy atom. The first-order chi connectivity index (χ1) is 12.4. The fourth-order valence-corrected chi connectivity index (χ4v) is 4.13. The van der Waals surface area contributed by atoms with E-state index in [-0.39, 0.29) is 16.6 Å². The summed E-state index contributed by atoms with van der Waals surface area (Å²) >= 11 is 0. The second-order valence-electron chi connectivity index (χ2n) is 5.92. The van der Waals surface area contributed by atoms with Gasteiger partial charge in [0.05, 0.1) is 14.2 Å². The van der Waals surface area contributed by atoms with Crippen LogP contribution >= 0.6 is 0 Å². The number of ether oxygens (including phenoxy) is 2. The van der Waals surface area contributed by atoms with E-state index in [4.69, 9.17) is 9.47 Å². The zero-order chi connectivity index (χ0) is 18.9. The predicted octanol–water partition coefficient (Wildman–Crippen LogP) is 2.41. The second kappa shape index (κ2) is 6.87. The number of benzene rings is 2. The SMILES string of the molecule is COc1ccc(S(=O)(=O)Nc2ccc3c(c2)CCC(=O)N3C)c(OC)c1. The maximum Gasteiger partial charge on any atom is 0.265 e. The molecule has 0 aromatic heterocycles. The van der Waals surface area contributed by atoms with Gasteiger partial charge in [-0.05, 0) is 42.3 Å². The van der Waals surface area contributed by atoms with Crippen molar-refractivity contribution in [3.05, 3.63) is 42.0 Å². The highest BCUT2D eigenvalue weighted by atomic mass is 32.2. The summed E-state index contributed by atoms with van der Waals surface area (Å²) in [6.45, 7) is 0. The number of methoxy groups -OCH3 is 2. The minimum Gasteiger partial charge on any atom is -0.497 e. The van der Waals surface area contributed by atoms with E-state index in [1.54, 1.807) is 36.2 Å². The van der Waals surface area contributed by atoms with Gasteiger partial charge in [-0.15, -0.1) is 0 Å². The molecule has 0 saturated heterocycles. The fourth-order valence-electron chi connectivity index (χ4n) is 2.93. The van der Waals surface area contributed by atoms with Crippen LogP contribution in [0.3, 0.4) is 0 Å². The molecule has 1 N–H and O–H groups in total. The average Bonchev–Trinajstić information content (AvgIpc) is 2.64. The maximum absolute atomic E-state index is 12.8. The van der Waals surface area contributed by atoms with Gasteiger partial charge in [0.2, 0.25) is 5.91 Å². The van der Waals surface area contributed by atoms with E-state index in [1.165, 1.54) is 26.4 Å². The van der Waals surface area contributed by atoms with E-state index in [2.05, 4.69) is 4.72 Å². The van der Waals surface area contributed by atoms with Crippen LogP contribution in [0.5, 0.6) is 11.5 Å². The Morgan fingerprint density at radius 2 is 1.81 bits per heavy atom. The van der Waals surface area contributed by atoms with Crippen LogP contribution in [-0.2, 0) is 21.2 Å². The maximum atomic E-state index is 12.8. The second-order valence-corrected chi connectivity index (χ2v) is 7.57. The summed E-state index contributed by atoms with van der Waals surface area (Å²) < 4.78 is 38.4. The molecule has 0 saturated carbocycles. The number of nitrogens with zero attached hydrogens (tertiary/aromatic N) is 1. The minimum atomic E-state index is -3.84. The van der Waals surface area contributed by atoms with Gasteiger partial charge in [-0.3, -0.25) is 9.52 Å². The molecule has 0 bridgehead atoms. The van der Waals surface area contributed by atoms with Crippen molar-refractivity contribution < 1.29 is 22.7 Å². The molecule has 1 aliphatic rings. The third-order valence-corrected chi connectivity index (χ3v) is 5.76. The van der Waals surface area contributed by atoms with Gasteiger partial charge in [-0.25, -0.2) is 8.42 Å². The standard InChI is InChI=1S/C18H20N2O5S/c1-20-15-7-5-13(10-12(15)4-9-18(20)21)19-26(22,23)17-8-6-14(24-2)11-16(17)25-3/h5-8,10-11,19H,4,9H2,1-3H3. The van der Waals surface area contributed by atoms with Gasteiger partial charge in [0.1, 0.15) is 16.4 Å². The molecule has 3 rings (SSSR count). The van der Waals surface area contributed by atoms with Crippen LogP contribution in [0.25, 0.3) is 0 Å². The number of amides is 1. The zero-order valence-corrected chi connectivity index (χ0v) is 15.6. The van der Waals surface area contributed by atoms with Crippen molar-refractivity contribution in [1.82, 2.24) is 0 Å². The molecule has 8 heteroatoms. The number of hydrogen-bond acceptors (Lipinski definition) is 5. The normalized spacial score (nSPS) is 14.0. The molecule has 0 radical (unpaired) electrons. The van der Waals surface area contributed by atoms with Crippen LogP contribution in [0.15, 0.2) is 41.3 Å². The molecule has 0 aliphatic carbocycles. The average molecular weight is 376 g/mol. The molecule has 138 valence electrons. The van der Waals surface area contributed by atoms with Crippen LogP contribution in [0.1, 0.15) is 12.0 Å². The van der Waals surface area contributed by atoms with E-state index < -0.39 is 10.0 Å². The molecule has 0 unspecified atom stereocenters. The number of nitrogens with one attached hydrogen (secondary N) is 1. The number of carbonyl (C=O) groups is 1. The van der Waals surface area contributed by atoms with Crippen molar-refractivity contribution in [2.45, 2.75) is 17.7 Å². The number of hydrogen-bond donors (Lipinski definition) is 1. The Morgan fingerprint density at radius 1 is 1.04 bits per heavy atom. The van der Waals surface area contributed by atoms with Crippen LogP contribution < -0.4 is 19.1 Å². The number of carbonyl (C=O) groups excluding carboxylic acids is 1. The summed E-state index contributed by atoms with van der Waals surface area (Å²) in [6.07, 6.45) is 0.992. The monoisotopic (exact) mass is 376 g/mol. The summed E-state index contributed by atoms with van der Waals surface area (Å²) in [5.74, 6) is 0.747. The van der Waals surface area contributed by atoms with E-state index in [0.717, 1.165) is 11.3 Å². The molecule has 1 heterocycles. The van der Waals surface area contributed by atoms with E-state index in [0.29, 0.717) is 24.3 Å². The van der Waals surface area contributed by atoms with Crippen molar-refractivity contribution in [3.8, 4) is 11.5 Å². The Labute approximate surface area is 152 Å². The van der Waals surface area contributed by atoms with Gasteiger partial charge in [0.15, 0.2) is 0 Å². The van der Waals surface area contributed by atoms with Crippen molar-refractivity contribution in [2.75, 3.05) is 30.9 Å². The lowest BCUT2D eigenvalue weighted by Gasteiger charge is -2.26. The summed E-state index contributed by atoms with van der Waals surface area (Å²) in [4.78, 5) is 13.4. The Bertz CT molecular complexity index is 956. The first-order valence-electron chi connectivity index (χ1n) is 8.00. The third-order valence-electron chi connectivity index (χ3n) is 4.34. The third kappa shape index (κ3) is 3.32. The molecular formula is C18H20N2O5S. The van der Waals surface area contributed by atoms with E-state index in [1.807, 2.05) is 0 Å². The number of aryl methyl sites for hydroxylation is 1. The molecule has 1 amide bonds. The highest BCUT2D eigenvalue weighted by molar-refractivity contribution is 7.92. The van der Waals surface area contributed by atoms with E-state index in [9.17, 15) is 13.2 Å². The van der Waals surface area contributed by atoms with Crippen molar-refractivity contribution in [1.29, 1.82) is 0 Å². The van der Waals surface area contributed by atoms with Crippen LogP contribution in [0.4, 0.5) is 11.4 Å². The molecule has 0 spiro atoms. The van der Waals surface area contributed by atoms with Crippen LogP contribution in [0.2, 0.25) is 0 Å². The van der Waals surface area contributed by atoms with Crippen molar-refractivity contribution >= 4 is 27.3 Å². The molecule has 0 atom stereocenters. The first-order valence-corrected chi connectivity index (χ1v) is 9.48. The predicted molar refractivity (Wildman–Crippen MR) is 98.5 cm³/mol. The van der Waals surface area contributed by atoms with Gasteiger partial charge < -0.3 is 14.4 Å². The lowest BCUT2D eigenvalue weighted by atomic mass is 10.0. The molecule has 1 aliphatic heterocycles. The van der Waals surface area contributed by atoms with Gasteiger partial charge >= 0.3 is 0 Å². The Balaban J connectivity index is 1.92. The lowest BCUT2D eigenvalue weighted by molar-refractivity contribution is -0.118.